The number of halogens is 1. The Hall–Kier alpha value is 0.210. The highest BCUT2D eigenvalue weighted by Gasteiger charge is 2.58. The average molecular weight is 334 g/mol. The van der Waals surface area contributed by atoms with Gasteiger partial charge < -0.3 is 22.0 Å². The third-order valence-electron chi connectivity index (χ3n) is 5.26. The van der Waals surface area contributed by atoms with E-state index in [0.29, 0.717) is 6.10 Å². The Morgan fingerprint density at radius 2 is 1.18 bits per heavy atom. The van der Waals surface area contributed by atoms with Crippen LogP contribution in [0.1, 0.15) is 97.3 Å². The van der Waals surface area contributed by atoms with Crippen molar-refractivity contribution in [3.63, 3.8) is 0 Å². The van der Waals surface area contributed by atoms with E-state index < -0.39 is 0 Å². The Morgan fingerprint density at radius 3 is 1.55 bits per heavy atom. The number of nitrogens with one attached hydrogen (secondary N) is 1. The maximum atomic E-state index is 5.83. The number of hydrogen-bond donors (Lipinski definition) is 1. The van der Waals surface area contributed by atoms with E-state index in [1.807, 2.05) is 0 Å². The van der Waals surface area contributed by atoms with Crippen LogP contribution >= 0.6 is 0 Å². The first-order valence-electron chi connectivity index (χ1n) is 9.59. The number of likely N-dealkylation sites (N-methyl/N-ethyl adjacent to an activating group) is 1. The smallest absolute Gasteiger partial charge is 0.226 e. The van der Waals surface area contributed by atoms with Crippen LogP contribution in [0.25, 0.3) is 0 Å². The molecule has 1 heterocycles. The third-order valence-corrected chi connectivity index (χ3v) is 5.26. The van der Waals surface area contributed by atoms with E-state index in [9.17, 15) is 0 Å². The first kappa shape index (κ1) is 22.2. The van der Waals surface area contributed by atoms with Crippen molar-refractivity contribution < 1.29 is 22.0 Å². The summed E-state index contributed by atoms with van der Waals surface area (Å²) in [4.78, 5) is 1.44. The monoisotopic (exact) mass is 333 g/mol. The van der Waals surface area contributed by atoms with Crippen LogP contribution in [0, 0.1) is 0 Å². The van der Waals surface area contributed by atoms with E-state index in [-0.39, 0.29) is 18.1 Å². The Balaban J connectivity index is 0.00000441. The first-order chi connectivity index (χ1) is 10.1. The lowest BCUT2D eigenvalue weighted by molar-refractivity contribution is -0.908. The molecule has 1 aliphatic rings. The second kappa shape index (κ2) is 12.6. The van der Waals surface area contributed by atoms with Crippen molar-refractivity contribution in [3.05, 3.63) is 0 Å². The van der Waals surface area contributed by atoms with Gasteiger partial charge in [-0.25, -0.2) is 0 Å². The molecule has 2 nitrogen and oxygen atoms in total. The quantitative estimate of drug-likeness (QED) is 0.375. The number of ether oxygens (including phenoxy) is 1. The van der Waals surface area contributed by atoms with Gasteiger partial charge in [-0.3, -0.25) is 0 Å². The van der Waals surface area contributed by atoms with Crippen LogP contribution in [-0.2, 0) is 4.74 Å². The fourth-order valence-corrected chi connectivity index (χ4v) is 3.21. The summed E-state index contributed by atoms with van der Waals surface area (Å²) in [5.74, 6) is 0. The molecule has 2 atom stereocenters. The van der Waals surface area contributed by atoms with Crippen LogP contribution in [0.15, 0.2) is 0 Å². The van der Waals surface area contributed by atoms with Crippen LogP contribution in [0.5, 0.6) is 0 Å². The van der Waals surface area contributed by atoms with Gasteiger partial charge in [0.2, 0.25) is 5.72 Å². The predicted octanol–water partition coefficient (Wildman–Crippen LogP) is 1.34. The Labute approximate surface area is 145 Å². The molecule has 0 aromatic carbocycles. The van der Waals surface area contributed by atoms with Crippen molar-refractivity contribution in [2.75, 3.05) is 14.1 Å². The van der Waals surface area contributed by atoms with E-state index in [4.69, 9.17) is 4.74 Å². The van der Waals surface area contributed by atoms with Crippen LogP contribution < -0.4 is 17.3 Å². The van der Waals surface area contributed by atoms with Crippen molar-refractivity contribution in [1.82, 2.24) is 0 Å². The summed E-state index contributed by atoms with van der Waals surface area (Å²) in [6.45, 7) is 4.53. The van der Waals surface area contributed by atoms with Crippen LogP contribution in [0.4, 0.5) is 0 Å². The Bertz CT molecular complexity index is 260. The predicted molar refractivity (Wildman–Crippen MR) is 91.8 cm³/mol. The van der Waals surface area contributed by atoms with E-state index in [1.165, 1.54) is 88.4 Å². The summed E-state index contributed by atoms with van der Waals surface area (Å²) >= 11 is 0. The molecule has 134 valence electrons. The maximum Gasteiger partial charge on any atom is 0.226 e. The largest absolute Gasteiger partial charge is 1.00 e. The van der Waals surface area contributed by atoms with E-state index in [2.05, 4.69) is 27.9 Å². The topological polar surface area (TPSA) is 17.0 Å². The van der Waals surface area contributed by atoms with Gasteiger partial charge in [-0.2, -0.15) is 0 Å². The maximum absolute atomic E-state index is 5.83. The number of rotatable bonds is 14. The van der Waals surface area contributed by atoms with Crippen LogP contribution in [-0.4, -0.2) is 25.9 Å². The molecule has 1 rings (SSSR count). The highest BCUT2D eigenvalue weighted by molar-refractivity contribution is 4.88. The highest BCUT2D eigenvalue weighted by atomic mass is 35.5. The lowest BCUT2D eigenvalue weighted by Crippen LogP contribution is -3.12. The molecule has 1 N–H and O–H groups in total. The summed E-state index contributed by atoms with van der Waals surface area (Å²) in [7, 11) is 4.39. The van der Waals surface area contributed by atoms with E-state index in [1.54, 1.807) is 0 Å². The molecule has 1 fully saturated rings. The molecule has 2 unspecified atom stereocenters. The first-order valence-corrected chi connectivity index (χ1v) is 9.59. The van der Waals surface area contributed by atoms with Gasteiger partial charge >= 0.3 is 0 Å². The molecule has 0 amide bonds. The zero-order valence-electron chi connectivity index (χ0n) is 15.6. The summed E-state index contributed by atoms with van der Waals surface area (Å²) in [6, 6.07) is 0. The SMILES string of the molecule is CCCCCCCCCCCCCCC1OC1(C)[NH+](C)C.[Cl-]. The molecule has 0 saturated carbocycles. The molecule has 22 heavy (non-hydrogen) atoms. The van der Waals surface area contributed by atoms with Crippen molar-refractivity contribution in [2.24, 2.45) is 0 Å². The second-order valence-electron chi connectivity index (χ2n) is 7.39. The zero-order chi connectivity index (χ0) is 15.6. The zero-order valence-corrected chi connectivity index (χ0v) is 16.3. The lowest BCUT2D eigenvalue weighted by atomic mass is 10.0. The van der Waals surface area contributed by atoms with Gasteiger partial charge in [-0.05, 0) is 6.42 Å². The second-order valence-corrected chi connectivity index (χ2v) is 7.39. The Kier molecular flexibility index (Phi) is 12.7. The minimum atomic E-state index is 0. The van der Waals surface area contributed by atoms with Crippen LogP contribution in [0.3, 0.4) is 0 Å². The van der Waals surface area contributed by atoms with Gasteiger partial charge in [-0.1, -0.05) is 84.0 Å². The van der Waals surface area contributed by atoms with Gasteiger partial charge in [0.1, 0.15) is 6.10 Å². The molecule has 0 aromatic rings. The number of unbranched alkanes of at least 4 members (excludes halogenated alkanes) is 11. The molecule has 3 heteroatoms. The normalized spacial score (nSPS) is 23.6. The summed E-state index contributed by atoms with van der Waals surface area (Å²) in [5.41, 5.74) is 0.123. The van der Waals surface area contributed by atoms with E-state index >= 15 is 0 Å². The summed E-state index contributed by atoms with van der Waals surface area (Å²) in [6.07, 6.45) is 18.9. The van der Waals surface area contributed by atoms with Crippen molar-refractivity contribution in [1.29, 1.82) is 0 Å². The molecular weight excluding hydrogens is 294 g/mol. The minimum absolute atomic E-state index is 0. The molecule has 0 spiro atoms. The summed E-state index contributed by atoms with van der Waals surface area (Å²) in [5, 5.41) is 0. The standard InChI is InChI=1S/C19H39NO.ClH/c1-5-6-7-8-9-10-11-12-13-14-15-16-17-18-19(2,21-18)20(3)4;/h18H,5-17H2,1-4H3;1H. The van der Waals surface area contributed by atoms with Gasteiger partial charge in [0.15, 0.2) is 0 Å². The fraction of sp³-hybridized carbons (Fsp3) is 1.00. The average Bonchev–Trinajstić information content (AvgIpc) is 3.12. The van der Waals surface area contributed by atoms with Crippen molar-refractivity contribution in [3.8, 4) is 0 Å². The lowest BCUT2D eigenvalue weighted by Gasteiger charge is -2.12. The molecule has 1 saturated heterocycles. The van der Waals surface area contributed by atoms with Gasteiger partial charge in [0, 0.05) is 6.92 Å². The molecule has 0 aliphatic carbocycles. The molecular formula is C19H40ClNO. The third kappa shape index (κ3) is 8.74. The molecule has 0 radical (unpaired) electrons. The van der Waals surface area contributed by atoms with Crippen molar-refractivity contribution in [2.45, 2.75) is 109 Å². The van der Waals surface area contributed by atoms with Gasteiger partial charge in [0.05, 0.1) is 14.1 Å². The molecule has 0 aromatic heterocycles. The minimum Gasteiger partial charge on any atom is -1.00 e. The summed E-state index contributed by atoms with van der Waals surface area (Å²) < 4.78 is 5.83. The Morgan fingerprint density at radius 1 is 0.773 bits per heavy atom. The van der Waals surface area contributed by atoms with Crippen molar-refractivity contribution >= 4 is 0 Å². The number of quaternary nitrogens is 1. The van der Waals surface area contributed by atoms with Gasteiger partial charge in [-0.15, -0.1) is 0 Å². The highest BCUT2D eigenvalue weighted by Crippen LogP contribution is 2.33. The fourth-order valence-electron chi connectivity index (χ4n) is 3.21. The number of epoxide rings is 1. The van der Waals surface area contributed by atoms with E-state index in [0.717, 1.165) is 0 Å². The molecule has 0 bridgehead atoms. The molecule has 1 aliphatic heterocycles. The van der Waals surface area contributed by atoms with Gasteiger partial charge in [0.25, 0.3) is 0 Å². The number of hydrogen-bond acceptors (Lipinski definition) is 1. The van der Waals surface area contributed by atoms with Crippen LogP contribution in [0.2, 0.25) is 0 Å².